The third kappa shape index (κ3) is 2.27. The minimum absolute atomic E-state index is 0.289. The van der Waals surface area contributed by atoms with E-state index < -0.39 is 0 Å². The van der Waals surface area contributed by atoms with E-state index in [1.165, 1.54) is 5.56 Å². The number of hydrogen-bond acceptors (Lipinski definition) is 2. The van der Waals surface area contributed by atoms with Crippen LogP contribution in [-0.4, -0.2) is 18.3 Å². The van der Waals surface area contributed by atoms with Crippen molar-refractivity contribution in [3.63, 3.8) is 0 Å². The van der Waals surface area contributed by atoms with Crippen LogP contribution in [0.3, 0.4) is 0 Å². The van der Waals surface area contributed by atoms with E-state index in [0.29, 0.717) is 0 Å². The van der Waals surface area contributed by atoms with E-state index in [4.69, 9.17) is 9.31 Å². The second-order valence-electron chi connectivity index (χ2n) is 5.88. The normalized spacial score (nSPS) is 21.9. The third-order valence-corrected chi connectivity index (χ3v) is 3.68. The maximum Gasteiger partial charge on any atom is 0.495 e. The Morgan fingerprint density at radius 2 is 1.53 bits per heavy atom. The van der Waals surface area contributed by atoms with Gasteiger partial charge in [-0.25, -0.2) is 0 Å². The lowest BCUT2D eigenvalue weighted by atomic mass is 9.77. The lowest BCUT2D eigenvalue weighted by Gasteiger charge is -2.32. The lowest BCUT2D eigenvalue weighted by molar-refractivity contribution is 0.00578. The quantitative estimate of drug-likeness (QED) is 0.691. The number of rotatable bonds is 1. The van der Waals surface area contributed by atoms with Crippen LogP contribution in [0.2, 0.25) is 0 Å². The van der Waals surface area contributed by atoms with E-state index in [9.17, 15) is 0 Å². The summed E-state index contributed by atoms with van der Waals surface area (Å²) >= 11 is 0. The highest BCUT2D eigenvalue weighted by molar-refractivity contribution is 6.62. The molecular weight excluding hydrogens is 211 g/mol. The second kappa shape index (κ2) is 3.86. The van der Waals surface area contributed by atoms with E-state index in [1.54, 1.807) is 0 Å². The molecule has 1 aromatic carbocycles. The number of hydrogen-bond donors (Lipinski definition) is 0. The average molecular weight is 231 g/mol. The van der Waals surface area contributed by atoms with Crippen LogP contribution >= 0.6 is 0 Å². The van der Waals surface area contributed by atoms with Gasteiger partial charge in [0.1, 0.15) is 0 Å². The van der Waals surface area contributed by atoms with Gasteiger partial charge in [0.2, 0.25) is 0 Å². The van der Waals surface area contributed by atoms with Crippen molar-refractivity contribution in [2.75, 3.05) is 0 Å². The zero-order chi connectivity index (χ0) is 12.8. The third-order valence-electron chi connectivity index (χ3n) is 3.68. The Hall–Kier alpha value is -0.795. The summed E-state index contributed by atoms with van der Waals surface area (Å²) in [5.41, 5.74) is 2.74. The van der Waals surface area contributed by atoms with Gasteiger partial charge < -0.3 is 9.31 Å². The van der Waals surface area contributed by atoms with Crippen LogP contribution in [-0.2, 0) is 9.31 Å². The summed E-state index contributed by atoms with van der Waals surface area (Å²) in [4.78, 5) is 0. The number of benzene rings is 1. The van der Waals surface area contributed by atoms with E-state index in [-0.39, 0.29) is 18.3 Å². The molecule has 1 radical (unpaired) electrons. The molecule has 1 heterocycles. The molecule has 3 heteroatoms. The first-order chi connectivity index (χ1) is 7.71. The summed E-state index contributed by atoms with van der Waals surface area (Å²) < 4.78 is 12.0. The van der Waals surface area contributed by atoms with Crippen LogP contribution in [0.15, 0.2) is 12.1 Å². The van der Waals surface area contributed by atoms with Crippen molar-refractivity contribution in [2.45, 2.75) is 52.7 Å². The standard InChI is InChI=1S/C14H20BO2/c1-10-7-11(2)9-12(8-10)15-16-13(3,4)14(5,6)17-15/h7-8H,1-6H3. The average Bonchev–Trinajstić information content (AvgIpc) is 2.34. The molecule has 17 heavy (non-hydrogen) atoms. The summed E-state index contributed by atoms with van der Waals surface area (Å²) in [7, 11) is -0.307. The van der Waals surface area contributed by atoms with Crippen molar-refractivity contribution in [1.82, 2.24) is 0 Å². The Bertz CT molecular complexity index is 402. The largest absolute Gasteiger partial charge is 0.495 e. The molecule has 1 saturated heterocycles. The zero-order valence-corrected chi connectivity index (χ0v) is 11.5. The molecule has 0 aliphatic carbocycles. The maximum atomic E-state index is 6.01. The SMILES string of the molecule is Cc1[c]c(B2OC(C)(C)C(C)(C)O2)cc(C)c1. The van der Waals surface area contributed by atoms with Crippen molar-refractivity contribution < 1.29 is 9.31 Å². The van der Waals surface area contributed by atoms with Crippen molar-refractivity contribution >= 4 is 12.6 Å². The highest BCUT2D eigenvalue weighted by Crippen LogP contribution is 2.36. The van der Waals surface area contributed by atoms with Crippen molar-refractivity contribution in [3.05, 3.63) is 29.3 Å². The summed E-state index contributed by atoms with van der Waals surface area (Å²) in [5.74, 6) is 0. The Kier molecular flexibility index (Phi) is 2.87. The molecule has 0 aromatic heterocycles. The van der Waals surface area contributed by atoms with E-state index in [1.807, 2.05) is 6.92 Å². The van der Waals surface area contributed by atoms with Crippen LogP contribution < -0.4 is 5.46 Å². The van der Waals surface area contributed by atoms with Crippen LogP contribution in [0.5, 0.6) is 0 Å². The molecule has 0 atom stereocenters. The van der Waals surface area contributed by atoms with Crippen molar-refractivity contribution in [1.29, 1.82) is 0 Å². The van der Waals surface area contributed by atoms with E-state index in [2.05, 4.69) is 52.8 Å². The van der Waals surface area contributed by atoms with Crippen LogP contribution in [0, 0.1) is 19.9 Å². The molecule has 0 saturated carbocycles. The minimum atomic E-state index is -0.307. The van der Waals surface area contributed by atoms with Crippen LogP contribution in [0.25, 0.3) is 0 Å². The van der Waals surface area contributed by atoms with Gasteiger partial charge in [0.15, 0.2) is 0 Å². The van der Waals surface area contributed by atoms with Crippen LogP contribution in [0.4, 0.5) is 0 Å². The minimum Gasteiger partial charge on any atom is -0.399 e. The fraction of sp³-hybridized carbons (Fsp3) is 0.571. The predicted molar refractivity (Wildman–Crippen MR) is 70.5 cm³/mol. The molecular formula is C14H20BO2. The van der Waals surface area contributed by atoms with Gasteiger partial charge in [-0.3, -0.25) is 0 Å². The monoisotopic (exact) mass is 231 g/mol. The van der Waals surface area contributed by atoms with Gasteiger partial charge in [0, 0.05) is 0 Å². The summed E-state index contributed by atoms with van der Waals surface area (Å²) in [6.45, 7) is 12.4. The molecule has 0 N–H and O–H groups in total. The molecule has 91 valence electrons. The first-order valence-electron chi connectivity index (χ1n) is 6.07. The van der Waals surface area contributed by atoms with Gasteiger partial charge in [-0.15, -0.1) is 0 Å². The topological polar surface area (TPSA) is 18.5 Å². The van der Waals surface area contributed by atoms with Crippen molar-refractivity contribution in [2.24, 2.45) is 0 Å². The summed E-state index contributed by atoms with van der Waals surface area (Å²) in [5, 5.41) is 0. The van der Waals surface area contributed by atoms with Gasteiger partial charge in [-0.2, -0.15) is 0 Å². The molecule has 2 rings (SSSR count). The molecule has 0 spiro atoms. The van der Waals surface area contributed by atoms with Crippen molar-refractivity contribution in [3.8, 4) is 0 Å². The van der Waals surface area contributed by atoms with Gasteiger partial charge in [-0.05, 0) is 58.6 Å². The van der Waals surface area contributed by atoms with Gasteiger partial charge in [0.05, 0.1) is 11.2 Å². The summed E-state index contributed by atoms with van der Waals surface area (Å²) in [6.07, 6.45) is 0. The van der Waals surface area contributed by atoms with Crippen LogP contribution in [0.1, 0.15) is 38.8 Å². The first-order valence-corrected chi connectivity index (χ1v) is 6.07. The molecule has 1 aliphatic heterocycles. The fourth-order valence-electron chi connectivity index (χ4n) is 2.03. The second-order valence-corrected chi connectivity index (χ2v) is 5.88. The van der Waals surface area contributed by atoms with Gasteiger partial charge >= 0.3 is 7.12 Å². The first kappa shape index (κ1) is 12.7. The Morgan fingerprint density at radius 3 is 2.00 bits per heavy atom. The van der Waals surface area contributed by atoms with E-state index >= 15 is 0 Å². The highest BCUT2D eigenvalue weighted by Gasteiger charge is 2.51. The number of aryl methyl sites for hydroxylation is 2. The highest BCUT2D eigenvalue weighted by atomic mass is 16.7. The van der Waals surface area contributed by atoms with E-state index in [0.717, 1.165) is 11.0 Å². The Labute approximate surface area is 104 Å². The Morgan fingerprint density at radius 1 is 1.00 bits per heavy atom. The maximum absolute atomic E-state index is 6.01. The van der Waals surface area contributed by atoms with Gasteiger partial charge in [0.25, 0.3) is 0 Å². The zero-order valence-electron chi connectivity index (χ0n) is 11.5. The molecule has 1 aliphatic rings. The molecule has 0 bridgehead atoms. The smallest absolute Gasteiger partial charge is 0.399 e. The fourth-order valence-corrected chi connectivity index (χ4v) is 2.03. The van der Waals surface area contributed by atoms with Gasteiger partial charge in [-0.1, -0.05) is 17.7 Å². The Balaban J connectivity index is 2.32. The molecule has 1 fully saturated rings. The summed E-state index contributed by atoms with van der Waals surface area (Å²) in [6, 6.07) is 7.50. The molecule has 2 nitrogen and oxygen atoms in total. The molecule has 1 aromatic rings. The lowest BCUT2D eigenvalue weighted by Crippen LogP contribution is -2.41. The molecule has 0 unspecified atom stereocenters. The molecule has 0 amide bonds. The predicted octanol–water partition coefficient (Wildman–Crippen LogP) is 2.40.